The number of nitrogens with zero attached hydrogens (tertiary/aromatic N) is 2. The van der Waals surface area contributed by atoms with Crippen molar-refractivity contribution in [2.45, 2.75) is 0 Å². The van der Waals surface area contributed by atoms with E-state index in [2.05, 4.69) is 36.8 Å². The van der Waals surface area contributed by atoms with Crippen LogP contribution in [0.15, 0.2) is 15.3 Å². The first kappa shape index (κ1) is 10.4. The summed E-state index contributed by atoms with van der Waals surface area (Å²) in [4.78, 5) is 13.8. The van der Waals surface area contributed by atoms with Crippen molar-refractivity contribution in [1.29, 1.82) is 0 Å². The highest BCUT2D eigenvalue weighted by Crippen LogP contribution is 2.34. The molecule has 0 saturated heterocycles. The number of ether oxygens (including phenoxy) is 1. The van der Waals surface area contributed by atoms with Crippen LogP contribution in [0.4, 0.5) is 5.69 Å². The van der Waals surface area contributed by atoms with Crippen LogP contribution in [0.25, 0.3) is 0 Å². The molecule has 1 heterocycles. The molecule has 0 aromatic carbocycles. The van der Waals surface area contributed by atoms with Crippen molar-refractivity contribution < 1.29 is 9.66 Å². The SMILES string of the molecule is COc1cc(Br)nc(Br)c1[N+](=O)[O-]. The Hall–Kier alpha value is -0.690. The summed E-state index contributed by atoms with van der Waals surface area (Å²) in [6.07, 6.45) is 0. The molecule has 0 aliphatic rings. The number of methoxy groups -OCH3 is 1. The zero-order valence-electron chi connectivity index (χ0n) is 6.45. The van der Waals surface area contributed by atoms with Crippen molar-refractivity contribution in [2.24, 2.45) is 0 Å². The fraction of sp³-hybridized carbons (Fsp3) is 0.167. The van der Waals surface area contributed by atoms with Crippen LogP contribution in [0.2, 0.25) is 0 Å². The van der Waals surface area contributed by atoms with Gasteiger partial charge in [-0.25, -0.2) is 4.98 Å². The lowest BCUT2D eigenvalue weighted by atomic mass is 10.4. The van der Waals surface area contributed by atoms with Gasteiger partial charge in [-0.15, -0.1) is 0 Å². The summed E-state index contributed by atoms with van der Waals surface area (Å²) in [6, 6.07) is 1.43. The van der Waals surface area contributed by atoms with Gasteiger partial charge in [-0.05, 0) is 31.9 Å². The number of rotatable bonds is 2. The Balaban J connectivity index is 3.38. The van der Waals surface area contributed by atoms with Crippen LogP contribution >= 0.6 is 31.9 Å². The molecule has 0 fully saturated rings. The number of hydrogen-bond acceptors (Lipinski definition) is 4. The summed E-state index contributed by atoms with van der Waals surface area (Å²) in [5.41, 5.74) is -0.175. The van der Waals surface area contributed by atoms with Gasteiger partial charge >= 0.3 is 5.69 Å². The van der Waals surface area contributed by atoms with Crippen molar-refractivity contribution in [3.05, 3.63) is 25.4 Å². The highest BCUT2D eigenvalue weighted by Gasteiger charge is 2.21. The van der Waals surface area contributed by atoms with E-state index < -0.39 is 4.92 Å². The average Bonchev–Trinajstić information content (AvgIpc) is 2.01. The van der Waals surface area contributed by atoms with Gasteiger partial charge in [-0.2, -0.15) is 0 Å². The molecule has 0 unspecified atom stereocenters. The zero-order valence-corrected chi connectivity index (χ0v) is 9.62. The molecule has 0 radical (unpaired) electrons. The second-order valence-corrected chi connectivity index (χ2v) is 3.61. The molecule has 13 heavy (non-hydrogen) atoms. The third-order valence-corrected chi connectivity index (χ3v) is 2.25. The predicted octanol–water partition coefficient (Wildman–Crippen LogP) is 2.52. The number of pyridine rings is 1. The summed E-state index contributed by atoms with van der Waals surface area (Å²) in [6.45, 7) is 0. The molecule has 1 aromatic rings. The van der Waals surface area contributed by atoms with Crippen molar-refractivity contribution in [3.63, 3.8) is 0 Å². The first-order valence-corrected chi connectivity index (χ1v) is 4.69. The number of nitro groups is 1. The second-order valence-electron chi connectivity index (χ2n) is 2.04. The molecule has 0 amide bonds. The molecule has 0 bridgehead atoms. The molecule has 0 spiro atoms. The maximum absolute atomic E-state index is 10.6. The summed E-state index contributed by atoms with van der Waals surface area (Å²) in [5.74, 6) is 0.166. The van der Waals surface area contributed by atoms with E-state index in [0.717, 1.165) is 0 Å². The highest BCUT2D eigenvalue weighted by molar-refractivity contribution is 9.11. The molecule has 5 nitrogen and oxygen atoms in total. The standard InChI is InChI=1S/C6H4Br2N2O3/c1-13-3-2-4(7)9-6(8)5(3)10(11)12/h2H,1H3. The van der Waals surface area contributed by atoms with E-state index in [-0.39, 0.29) is 16.0 Å². The lowest BCUT2D eigenvalue weighted by Crippen LogP contribution is -1.96. The van der Waals surface area contributed by atoms with Crippen LogP contribution in [-0.2, 0) is 0 Å². The van der Waals surface area contributed by atoms with Crippen LogP contribution in [0.1, 0.15) is 0 Å². The third kappa shape index (κ3) is 2.16. The predicted molar refractivity (Wildman–Crippen MR) is 52.8 cm³/mol. The fourth-order valence-corrected chi connectivity index (χ4v) is 1.93. The van der Waals surface area contributed by atoms with E-state index in [1.807, 2.05) is 0 Å². The summed E-state index contributed by atoms with van der Waals surface area (Å²) in [5, 5.41) is 10.6. The monoisotopic (exact) mass is 310 g/mol. The summed E-state index contributed by atoms with van der Waals surface area (Å²) in [7, 11) is 1.36. The molecule has 70 valence electrons. The lowest BCUT2D eigenvalue weighted by molar-refractivity contribution is -0.387. The molecule has 1 rings (SSSR count). The summed E-state index contributed by atoms with van der Waals surface area (Å²) < 4.78 is 5.44. The normalized spacial score (nSPS) is 9.77. The smallest absolute Gasteiger partial charge is 0.343 e. The Kier molecular flexibility index (Phi) is 3.21. The first-order valence-electron chi connectivity index (χ1n) is 3.10. The maximum atomic E-state index is 10.6. The third-order valence-electron chi connectivity index (χ3n) is 1.29. The van der Waals surface area contributed by atoms with Gasteiger partial charge in [0.05, 0.1) is 12.0 Å². The Morgan fingerprint density at radius 1 is 1.62 bits per heavy atom. The van der Waals surface area contributed by atoms with Crippen LogP contribution in [0.5, 0.6) is 5.75 Å². The quantitative estimate of drug-likeness (QED) is 0.478. The Morgan fingerprint density at radius 2 is 2.23 bits per heavy atom. The lowest BCUT2D eigenvalue weighted by Gasteiger charge is -2.02. The van der Waals surface area contributed by atoms with Gasteiger partial charge in [0.2, 0.25) is 5.75 Å². The number of halogens is 2. The van der Waals surface area contributed by atoms with E-state index in [9.17, 15) is 10.1 Å². The summed E-state index contributed by atoms with van der Waals surface area (Å²) >= 11 is 6.07. The van der Waals surface area contributed by atoms with Gasteiger partial charge in [0, 0.05) is 6.07 Å². The van der Waals surface area contributed by atoms with E-state index in [0.29, 0.717) is 4.60 Å². The average molecular weight is 312 g/mol. The van der Waals surface area contributed by atoms with Gasteiger partial charge in [0.1, 0.15) is 4.60 Å². The fourth-order valence-electron chi connectivity index (χ4n) is 0.778. The van der Waals surface area contributed by atoms with Crippen LogP contribution in [0.3, 0.4) is 0 Å². The van der Waals surface area contributed by atoms with Crippen molar-refractivity contribution in [1.82, 2.24) is 4.98 Å². The molecule has 0 N–H and O–H groups in total. The minimum Gasteiger partial charge on any atom is -0.490 e. The van der Waals surface area contributed by atoms with E-state index in [4.69, 9.17) is 4.74 Å². The highest BCUT2D eigenvalue weighted by atomic mass is 79.9. The van der Waals surface area contributed by atoms with Crippen LogP contribution in [0, 0.1) is 10.1 Å². The number of aromatic nitrogens is 1. The van der Waals surface area contributed by atoms with E-state index in [1.165, 1.54) is 13.2 Å². The Bertz CT molecular complexity index is 356. The number of hydrogen-bond donors (Lipinski definition) is 0. The Morgan fingerprint density at radius 3 is 2.69 bits per heavy atom. The topological polar surface area (TPSA) is 65.3 Å². The maximum Gasteiger partial charge on any atom is 0.343 e. The molecule has 7 heteroatoms. The minimum atomic E-state index is -0.553. The molecule has 1 aromatic heterocycles. The van der Waals surface area contributed by atoms with Crippen LogP contribution in [-0.4, -0.2) is 17.0 Å². The largest absolute Gasteiger partial charge is 0.490 e. The molecule has 0 aliphatic heterocycles. The minimum absolute atomic E-state index is 0.142. The van der Waals surface area contributed by atoms with Gasteiger partial charge in [0.25, 0.3) is 0 Å². The van der Waals surface area contributed by atoms with E-state index >= 15 is 0 Å². The van der Waals surface area contributed by atoms with Gasteiger partial charge in [-0.1, -0.05) is 0 Å². The van der Waals surface area contributed by atoms with Crippen molar-refractivity contribution in [3.8, 4) is 5.75 Å². The van der Waals surface area contributed by atoms with Crippen molar-refractivity contribution in [2.75, 3.05) is 7.11 Å². The molecular weight excluding hydrogens is 308 g/mol. The Labute approximate surface area is 90.5 Å². The second kappa shape index (κ2) is 4.01. The van der Waals surface area contributed by atoms with Crippen LogP contribution < -0.4 is 4.74 Å². The van der Waals surface area contributed by atoms with Gasteiger partial charge in [0.15, 0.2) is 4.60 Å². The molecule has 0 aliphatic carbocycles. The first-order chi connectivity index (χ1) is 6.06. The molecular formula is C6H4Br2N2O3. The zero-order chi connectivity index (χ0) is 10.0. The van der Waals surface area contributed by atoms with Gasteiger partial charge in [-0.3, -0.25) is 10.1 Å². The van der Waals surface area contributed by atoms with Gasteiger partial charge < -0.3 is 4.74 Å². The molecule has 0 saturated carbocycles. The van der Waals surface area contributed by atoms with E-state index in [1.54, 1.807) is 0 Å². The van der Waals surface area contributed by atoms with Crippen molar-refractivity contribution >= 4 is 37.5 Å². The molecule has 0 atom stereocenters.